The molecule has 3 aromatic rings. The third kappa shape index (κ3) is 1.81. The van der Waals surface area contributed by atoms with E-state index in [4.69, 9.17) is 0 Å². The minimum absolute atomic E-state index is 0.109. The van der Waals surface area contributed by atoms with Gasteiger partial charge in [-0.15, -0.1) is 0 Å². The third-order valence-corrected chi connectivity index (χ3v) is 5.96. The number of hydrogen-bond donors (Lipinski definition) is 2. The van der Waals surface area contributed by atoms with Gasteiger partial charge in [0.15, 0.2) is 0 Å². The standard InChI is InChI=1S/C23H20O2/c1-23(2)19-10-6-5-7-13(19)16-11-17-18(12-20(16)23)22(25)15-9-4-3-8-14(15)21(17)24/h3-12,21-22,24-25H,1-2H3. The second kappa shape index (κ2) is 4.81. The summed E-state index contributed by atoms with van der Waals surface area (Å²) in [6, 6.07) is 20.3. The number of hydrogen-bond acceptors (Lipinski definition) is 2. The molecule has 2 aliphatic rings. The molecule has 0 radical (unpaired) electrons. The van der Waals surface area contributed by atoms with Gasteiger partial charge in [0.25, 0.3) is 0 Å². The Hall–Kier alpha value is -2.42. The van der Waals surface area contributed by atoms with Crippen molar-refractivity contribution in [3.63, 3.8) is 0 Å². The average molecular weight is 328 g/mol. The normalized spacial score (nSPS) is 21.9. The van der Waals surface area contributed by atoms with E-state index >= 15 is 0 Å². The van der Waals surface area contributed by atoms with Gasteiger partial charge in [0.1, 0.15) is 12.2 Å². The van der Waals surface area contributed by atoms with Crippen LogP contribution in [0.15, 0.2) is 60.7 Å². The van der Waals surface area contributed by atoms with Crippen LogP contribution in [0.5, 0.6) is 0 Å². The first kappa shape index (κ1) is 14.9. The Bertz CT molecular complexity index is 1020. The predicted molar refractivity (Wildman–Crippen MR) is 98.6 cm³/mol. The molecule has 2 nitrogen and oxygen atoms in total. The highest BCUT2D eigenvalue weighted by molar-refractivity contribution is 5.82. The fraction of sp³-hybridized carbons (Fsp3) is 0.217. The zero-order chi connectivity index (χ0) is 17.3. The van der Waals surface area contributed by atoms with Crippen molar-refractivity contribution in [2.24, 2.45) is 0 Å². The van der Waals surface area contributed by atoms with Crippen LogP contribution in [0.4, 0.5) is 0 Å². The van der Waals surface area contributed by atoms with Crippen molar-refractivity contribution in [2.45, 2.75) is 31.5 Å². The maximum atomic E-state index is 10.9. The first-order valence-corrected chi connectivity index (χ1v) is 8.73. The molecule has 25 heavy (non-hydrogen) atoms. The molecule has 2 unspecified atom stereocenters. The van der Waals surface area contributed by atoms with Crippen LogP contribution in [-0.2, 0) is 5.41 Å². The Morgan fingerprint density at radius 2 is 1.20 bits per heavy atom. The third-order valence-electron chi connectivity index (χ3n) is 5.96. The molecule has 5 rings (SSSR count). The van der Waals surface area contributed by atoms with Gasteiger partial charge in [0.05, 0.1) is 0 Å². The second-order valence-corrected chi connectivity index (χ2v) is 7.63. The van der Waals surface area contributed by atoms with Crippen LogP contribution in [-0.4, -0.2) is 10.2 Å². The van der Waals surface area contributed by atoms with Crippen LogP contribution >= 0.6 is 0 Å². The summed E-state index contributed by atoms with van der Waals surface area (Å²) in [4.78, 5) is 0. The van der Waals surface area contributed by atoms with Gasteiger partial charge in [0, 0.05) is 5.41 Å². The van der Waals surface area contributed by atoms with Gasteiger partial charge in [-0.2, -0.15) is 0 Å². The Kier molecular flexibility index (Phi) is 2.87. The molecule has 2 atom stereocenters. The van der Waals surface area contributed by atoms with Crippen LogP contribution in [0.2, 0.25) is 0 Å². The number of benzene rings is 3. The Balaban J connectivity index is 1.80. The monoisotopic (exact) mass is 328 g/mol. The van der Waals surface area contributed by atoms with Crippen molar-refractivity contribution >= 4 is 0 Å². The Morgan fingerprint density at radius 1 is 0.640 bits per heavy atom. The predicted octanol–water partition coefficient (Wildman–Crippen LogP) is 4.47. The van der Waals surface area contributed by atoms with Crippen molar-refractivity contribution in [2.75, 3.05) is 0 Å². The summed E-state index contributed by atoms with van der Waals surface area (Å²) < 4.78 is 0. The molecular weight excluding hydrogens is 308 g/mol. The van der Waals surface area contributed by atoms with E-state index in [0.29, 0.717) is 0 Å². The minimum Gasteiger partial charge on any atom is -0.384 e. The quantitative estimate of drug-likeness (QED) is 0.639. The summed E-state index contributed by atoms with van der Waals surface area (Å²) >= 11 is 0. The molecule has 0 bridgehead atoms. The SMILES string of the molecule is CC1(C)c2ccccc2-c2cc3c(cc21)C(O)c1ccccc1C3O. The summed E-state index contributed by atoms with van der Waals surface area (Å²) in [5.41, 5.74) is 8.05. The maximum absolute atomic E-state index is 10.9. The molecule has 2 N–H and O–H groups in total. The molecule has 0 spiro atoms. The van der Waals surface area contributed by atoms with E-state index in [1.54, 1.807) is 0 Å². The highest BCUT2D eigenvalue weighted by atomic mass is 16.3. The van der Waals surface area contributed by atoms with Crippen molar-refractivity contribution in [1.29, 1.82) is 0 Å². The lowest BCUT2D eigenvalue weighted by molar-refractivity contribution is 0.173. The smallest absolute Gasteiger partial charge is 0.105 e. The average Bonchev–Trinajstić information content (AvgIpc) is 2.86. The fourth-order valence-corrected chi connectivity index (χ4v) is 4.60. The molecular formula is C23H20O2. The van der Waals surface area contributed by atoms with Gasteiger partial charge in [-0.3, -0.25) is 0 Å². The van der Waals surface area contributed by atoms with Crippen molar-refractivity contribution < 1.29 is 10.2 Å². The minimum atomic E-state index is -0.698. The van der Waals surface area contributed by atoms with E-state index in [1.165, 1.54) is 22.3 Å². The van der Waals surface area contributed by atoms with Crippen LogP contribution < -0.4 is 0 Å². The van der Waals surface area contributed by atoms with E-state index < -0.39 is 12.2 Å². The van der Waals surface area contributed by atoms with Gasteiger partial charge in [-0.1, -0.05) is 68.4 Å². The largest absolute Gasteiger partial charge is 0.384 e. The molecule has 0 aliphatic heterocycles. The first-order chi connectivity index (χ1) is 12.0. The van der Waals surface area contributed by atoms with Crippen LogP contribution in [0, 0.1) is 0 Å². The van der Waals surface area contributed by atoms with Gasteiger partial charge in [0.2, 0.25) is 0 Å². The van der Waals surface area contributed by atoms with Gasteiger partial charge in [-0.25, -0.2) is 0 Å². The highest BCUT2D eigenvalue weighted by Gasteiger charge is 2.39. The van der Waals surface area contributed by atoms with Crippen LogP contribution in [0.1, 0.15) is 59.4 Å². The fourth-order valence-electron chi connectivity index (χ4n) is 4.60. The summed E-state index contributed by atoms with van der Waals surface area (Å²) in [7, 11) is 0. The zero-order valence-corrected chi connectivity index (χ0v) is 14.3. The molecule has 0 amide bonds. The van der Waals surface area contributed by atoms with Gasteiger partial charge < -0.3 is 10.2 Å². The summed E-state index contributed by atoms with van der Waals surface area (Å²) in [6.45, 7) is 4.45. The summed E-state index contributed by atoms with van der Waals surface area (Å²) in [5, 5.41) is 21.9. The first-order valence-electron chi connectivity index (χ1n) is 8.73. The molecule has 0 heterocycles. The highest BCUT2D eigenvalue weighted by Crippen LogP contribution is 2.52. The number of aliphatic hydroxyl groups is 2. The Morgan fingerprint density at radius 3 is 1.88 bits per heavy atom. The Labute approximate surface area is 147 Å². The van der Waals surface area contributed by atoms with Gasteiger partial charge >= 0.3 is 0 Å². The van der Waals surface area contributed by atoms with E-state index in [9.17, 15) is 10.2 Å². The molecule has 3 aromatic carbocycles. The lowest BCUT2D eigenvalue weighted by Gasteiger charge is -2.31. The molecule has 0 aromatic heterocycles. The van der Waals surface area contributed by atoms with Crippen molar-refractivity contribution in [3.8, 4) is 11.1 Å². The number of rotatable bonds is 0. The lowest BCUT2D eigenvalue weighted by Crippen LogP contribution is -2.20. The molecule has 0 fully saturated rings. The molecule has 0 saturated carbocycles. The molecule has 2 heteroatoms. The van der Waals surface area contributed by atoms with Crippen molar-refractivity contribution in [1.82, 2.24) is 0 Å². The van der Waals surface area contributed by atoms with Crippen molar-refractivity contribution in [3.05, 3.63) is 94.0 Å². The molecule has 0 saturated heterocycles. The van der Waals surface area contributed by atoms with E-state index in [0.717, 1.165) is 22.3 Å². The summed E-state index contributed by atoms with van der Waals surface area (Å²) in [6.07, 6.45) is -1.39. The zero-order valence-electron chi connectivity index (χ0n) is 14.3. The van der Waals surface area contributed by atoms with E-state index in [2.05, 4.69) is 50.2 Å². The molecule has 2 aliphatic carbocycles. The van der Waals surface area contributed by atoms with E-state index in [-0.39, 0.29) is 5.41 Å². The lowest BCUT2D eigenvalue weighted by atomic mass is 9.77. The molecule has 124 valence electrons. The second-order valence-electron chi connectivity index (χ2n) is 7.63. The van der Waals surface area contributed by atoms with Crippen LogP contribution in [0.3, 0.4) is 0 Å². The number of fused-ring (bicyclic) bond motifs is 5. The van der Waals surface area contributed by atoms with Crippen LogP contribution in [0.25, 0.3) is 11.1 Å². The summed E-state index contributed by atoms with van der Waals surface area (Å²) in [5.74, 6) is 0. The number of aliphatic hydroxyl groups excluding tert-OH is 2. The van der Waals surface area contributed by atoms with Gasteiger partial charge in [-0.05, 0) is 50.6 Å². The topological polar surface area (TPSA) is 40.5 Å². The van der Waals surface area contributed by atoms with E-state index in [1.807, 2.05) is 24.3 Å². The maximum Gasteiger partial charge on any atom is 0.105 e.